The van der Waals surface area contributed by atoms with Gasteiger partial charge in [0, 0.05) is 6.54 Å². The molecule has 0 bridgehead atoms. The molecule has 0 aliphatic carbocycles. The predicted octanol–water partition coefficient (Wildman–Crippen LogP) is 1.46. The van der Waals surface area contributed by atoms with Crippen molar-refractivity contribution in [1.29, 1.82) is 0 Å². The average Bonchev–Trinajstić information content (AvgIpc) is 2.87. The Balaban J connectivity index is 1.91. The predicted molar refractivity (Wildman–Crippen MR) is 66.8 cm³/mol. The maximum atomic E-state index is 12.7. The number of rotatable bonds is 5. The van der Waals surface area contributed by atoms with Crippen LogP contribution in [0, 0.1) is 5.82 Å². The van der Waals surface area contributed by atoms with Gasteiger partial charge in [-0.25, -0.2) is 9.37 Å². The monoisotopic (exact) mass is 263 g/mol. The van der Waals surface area contributed by atoms with E-state index in [-0.39, 0.29) is 17.4 Å². The van der Waals surface area contributed by atoms with E-state index in [0.717, 1.165) is 5.56 Å². The molecule has 0 saturated carbocycles. The molecule has 0 saturated heterocycles. The van der Waals surface area contributed by atoms with Gasteiger partial charge in [0.25, 0.3) is 5.91 Å². The second-order valence-corrected chi connectivity index (χ2v) is 3.97. The highest BCUT2D eigenvalue weighted by Crippen LogP contribution is 2.04. The molecule has 0 aliphatic rings. The molecule has 1 aromatic carbocycles. The molecule has 19 heavy (non-hydrogen) atoms. The van der Waals surface area contributed by atoms with Gasteiger partial charge in [0.15, 0.2) is 5.69 Å². The van der Waals surface area contributed by atoms with Gasteiger partial charge >= 0.3 is 0 Å². The van der Waals surface area contributed by atoms with Gasteiger partial charge in [0.2, 0.25) is 5.89 Å². The standard InChI is InChI=1S/C13H14FN3O2/c1-15-7-12-17-11(8-19-12)13(18)16-6-9-2-4-10(14)5-3-9/h2-5,8,15H,6-7H2,1H3,(H,16,18). The number of hydrogen-bond acceptors (Lipinski definition) is 4. The molecule has 100 valence electrons. The first kappa shape index (κ1) is 13.2. The van der Waals surface area contributed by atoms with Gasteiger partial charge in [0.05, 0.1) is 6.54 Å². The SMILES string of the molecule is CNCc1nc(C(=O)NCc2ccc(F)cc2)co1. The summed E-state index contributed by atoms with van der Waals surface area (Å²) in [7, 11) is 1.76. The fraction of sp³-hybridized carbons (Fsp3) is 0.231. The molecule has 0 fully saturated rings. The molecule has 1 heterocycles. The molecule has 0 radical (unpaired) electrons. The van der Waals surface area contributed by atoms with Crippen LogP contribution in [0.2, 0.25) is 0 Å². The second kappa shape index (κ2) is 6.10. The maximum Gasteiger partial charge on any atom is 0.273 e. The van der Waals surface area contributed by atoms with Crippen LogP contribution in [-0.4, -0.2) is 17.9 Å². The number of halogens is 1. The number of amides is 1. The van der Waals surface area contributed by atoms with Gasteiger partial charge in [-0.05, 0) is 24.7 Å². The molecular weight excluding hydrogens is 249 g/mol. The van der Waals surface area contributed by atoms with Crippen LogP contribution >= 0.6 is 0 Å². The van der Waals surface area contributed by atoms with E-state index in [1.807, 2.05) is 0 Å². The maximum absolute atomic E-state index is 12.7. The summed E-state index contributed by atoms with van der Waals surface area (Å²) in [5.74, 6) is -0.173. The zero-order valence-corrected chi connectivity index (χ0v) is 10.4. The lowest BCUT2D eigenvalue weighted by Crippen LogP contribution is -2.23. The highest BCUT2D eigenvalue weighted by molar-refractivity contribution is 5.91. The molecule has 5 nitrogen and oxygen atoms in total. The van der Waals surface area contributed by atoms with Crippen LogP contribution in [0.1, 0.15) is 21.9 Å². The Morgan fingerprint density at radius 2 is 2.05 bits per heavy atom. The molecule has 0 spiro atoms. The Labute approximate surface area is 109 Å². The number of carbonyl (C=O) groups excluding carboxylic acids is 1. The molecule has 0 unspecified atom stereocenters. The summed E-state index contributed by atoms with van der Waals surface area (Å²) in [4.78, 5) is 15.8. The van der Waals surface area contributed by atoms with Crippen LogP contribution in [0.5, 0.6) is 0 Å². The Morgan fingerprint density at radius 3 is 2.74 bits per heavy atom. The fourth-order valence-corrected chi connectivity index (χ4v) is 1.52. The summed E-state index contributed by atoms with van der Waals surface area (Å²) in [6, 6.07) is 5.93. The minimum absolute atomic E-state index is 0.229. The first-order chi connectivity index (χ1) is 9.19. The molecule has 2 aromatic rings. The molecule has 1 aromatic heterocycles. The highest BCUT2D eigenvalue weighted by Gasteiger charge is 2.11. The normalized spacial score (nSPS) is 10.4. The van der Waals surface area contributed by atoms with Crippen LogP contribution in [0.3, 0.4) is 0 Å². The van der Waals surface area contributed by atoms with E-state index in [9.17, 15) is 9.18 Å². The Bertz CT molecular complexity index is 551. The Morgan fingerprint density at radius 1 is 1.32 bits per heavy atom. The first-order valence-corrected chi connectivity index (χ1v) is 5.80. The molecule has 1 amide bonds. The van der Waals surface area contributed by atoms with Crippen LogP contribution in [-0.2, 0) is 13.1 Å². The fourth-order valence-electron chi connectivity index (χ4n) is 1.52. The van der Waals surface area contributed by atoms with E-state index in [1.54, 1.807) is 19.2 Å². The quantitative estimate of drug-likeness (QED) is 0.857. The summed E-state index contributed by atoms with van der Waals surface area (Å²) < 4.78 is 17.8. The van der Waals surface area contributed by atoms with E-state index in [1.165, 1.54) is 18.4 Å². The van der Waals surface area contributed by atoms with Crippen molar-refractivity contribution in [3.05, 3.63) is 53.5 Å². The summed E-state index contributed by atoms with van der Waals surface area (Å²) in [6.07, 6.45) is 1.31. The number of carbonyl (C=O) groups is 1. The van der Waals surface area contributed by atoms with Crippen molar-refractivity contribution in [3.63, 3.8) is 0 Å². The van der Waals surface area contributed by atoms with Crippen molar-refractivity contribution in [2.45, 2.75) is 13.1 Å². The van der Waals surface area contributed by atoms with E-state index < -0.39 is 0 Å². The van der Waals surface area contributed by atoms with Crippen LogP contribution < -0.4 is 10.6 Å². The molecule has 6 heteroatoms. The largest absolute Gasteiger partial charge is 0.447 e. The third kappa shape index (κ3) is 3.62. The third-order valence-electron chi connectivity index (χ3n) is 2.48. The Kier molecular flexibility index (Phi) is 4.25. The lowest BCUT2D eigenvalue weighted by molar-refractivity contribution is 0.0946. The molecule has 2 N–H and O–H groups in total. The van der Waals surface area contributed by atoms with Crippen LogP contribution in [0.25, 0.3) is 0 Å². The van der Waals surface area contributed by atoms with Crippen molar-refractivity contribution in [1.82, 2.24) is 15.6 Å². The first-order valence-electron chi connectivity index (χ1n) is 5.80. The van der Waals surface area contributed by atoms with Crippen LogP contribution in [0.15, 0.2) is 34.9 Å². The summed E-state index contributed by atoms with van der Waals surface area (Å²) >= 11 is 0. The zero-order valence-electron chi connectivity index (χ0n) is 10.4. The van der Waals surface area contributed by atoms with Gasteiger partial charge in [-0.2, -0.15) is 0 Å². The smallest absolute Gasteiger partial charge is 0.273 e. The number of hydrogen-bond donors (Lipinski definition) is 2. The second-order valence-electron chi connectivity index (χ2n) is 3.97. The number of benzene rings is 1. The van der Waals surface area contributed by atoms with Crippen molar-refractivity contribution in [3.8, 4) is 0 Å². The van der Waals surface area contributed by atoms with Crippen molar-refractivity contribution in [2.75, 3.05) is 7.05 Å². The van der Waals surface area contributed by atoms with Crippen molar-refractivity contribution < 1.29 is 13.6 Å². The van der Waals surface area contributed by atoms with Gasteiger partial charge in [-0.15, -0.1) is 0 Å². The summed E-state index contributed by atoms with van der Waals surface area (Å²) in [5, 5.41) is 5.56. The number of aromatic nitrogens is 1. The zero-order chi connectivity index (χ0) is 13.7. The van der Waals surface area contributed by atoms with Gasteiger partial charge in [-0.1, -0.05) is 12.1 Å². The van der Waals surface area contributed by atoms with Crippen molar-refractivity contribution >= 4 is 5.91 Å². The van der Waals surface area contributed by atoms with Crippen molar-refractivity contribution in [2.24, 2.45) is 0 Å². The van der Waals surface area contributed by atoms with Crippen LogP contribution in [0.4, 0.5) is 4.39 Å². The lowest BCUT2D eigenvalue weighted by atomic mass is 10.2. The number of nitrogens with one attached hydrogen (secondary N) is 2. The van der Waals surface area contributed by atoms with E-state index >= 15 is 0 Å². The summed E-state index contributed by atoms with van der Waals surface area (Å²) in [6.45, 7) is 0.776. The lowest BCUT2D eigenvalue weighted by Gasteiger charge is -2.02. The van der Waals surface area contributed by atoms with Gasteiger partial charge < -0.3 is 15.1 Å². The highest BCUT2D eigenvalue weighted by atomic mass is 19.1. The third-order valence-corrected chi connectivity index (χ3v) is 2.48. The minimum Gasteiger partial charge on any atom is -0.447 e. The molecule has 0 aliphatic heterocycles. The number of nitrogens with zero attached hydrogens (tertiary/aromatic N) is 1. The van der Waals surface area contributed by atoms with E-state index in [0.29, 0.717) is 19.0 Å². The number of oxazole rings is 1. The Hall–Kier alpha value is -2.21. The molecular formula is C13H14FN3O2. The topological polar surface area (TPSA) is 67.2 Å². The van der Waals surface area contributed by atoms with E-state index in [2.05, 4.69) is 15.6 Å². The minimum atomic E-state index is -0.324. The molecule has 0 atom stereocenters. The van der Waals surface area contributed by atoms with Gasteiger partial charge in [-0.3, -0.25) is 4.79 Å². The summed E-state index contributed by atoms with van der Waals surface area (Å²) in [5.41, 5.74) is 1.04. The van der Waals surface area contributed by atoms with Gasteiger partial charge in [0.1, 0.15) is 12.1 Å². The van der Waals surface area contributed by atoms with E-state index in [4.69, 9.17) is 4.42 Å². The average molecular weight is 263 g/mol. The molecule has 2 rings (SSSR count).